The van der Waals surface area contributed by atoms with E-state index in [1.807, 2.05) is 6.07 Å². The lowest BCUT2D eigenvalue weighted by atomic mass is 10.3. The summed E-state index contributed by atoms with van der Waals surface area (Å²) in [5, 5.41) is 21.7. The molecule has 9 heteroatoms. The number of thioether (sulfide) groups is 1. The summed E-state index contributed by atoms with van der Waals surface area (Å²) >= 11 is 1.39. The molecule has 0 saturated heterocycles. The molecule has 0 saturated carbocycles. The maximum absolute atomic E-state index is 12.9. The van der Waals surface area contributed by atoms with Crippen LogP contribution in [0, 0.1) is 11.3 Å². The highest BCUT2D eigenvalue weighted by Gasteiger charge is 2.14. The first-order valence-corrected chi connectivity index (χ1v) is 9.74. The van der Waals surface area contributed by atoms with Crippen LogP contribution in [0.3, 0.4) is 0 Å². The molecule has 0 aliphatic rings. The van der Waals surface area contributed by atoms with Gasteiger partial charge in [-0.25, -0.2) is 4.98 Å². The van der Waals surface area contributed by atoms with E-state index in [1.165, 1.54) is 28.5 Å². The second-order valence-corrected chi connectivity index (χ2v) is 7.06. The molecular formula is C19H19N5O3S. The van der Waals surface area contributed by atoms with E-state index in [1.54, 1.807) is 24.4 Å². The van der Waals surface area contributed by atoms with Crippen molar-refractivity contribution >= 4 is 28.7 Å². The average molecular weight is 397 g/mol. The molecule has 0 bridgehead atoms. The van der Waals surface area contributed by atoms with Crippen molar-refractivity contribution in [2.24, 2.45) is 0 Å². The van der Waals surface area contributed by atoms with Crippen LogP contribution in [-0.4, -0.2) is 37.8 Å². The van der Waals surface area contributed by atoms with Crippen molar-refractivity contribution < 1.29 is 9.90 Å². The number of aromatic amines is 1. The first kappa shape index (κ1) is 19.5. The predicted molar refractivity (Wildman–Crippen MR) is 107 cm³/mol. The maximum atomic E-state index is 12.9. The normalized spacial score (nSPS) is 10.7. The Kier molecular flexibility index (Phi) is 6.34. The van der Waals surface area contributed by atoms with Crippen molar-refractivity contribution in [3.05, 3.63) is 46.9 Å². The third kappa shape index (κ3) is 4.53. The number of phenolic OH excluding ortho intramolecular Hbond substituents is 1. The number of H-pyrrole nitrogens is 1. The minimum absolute atomic E-state index is 0.0976. The molecule has 0 aliphatic carbocycles. The fourth-order valence-electron chi connectivity index (χ4n) is 2.65. The van der Waals surface area contributed by atoms with Gasteiger partial charge in [0, 0.05) is 24.9 Å². The van der Waals surface area contributed by atoms with Crippen molar-refractivity contribution in [2.75, 3.05) is 12.3 Å². The molecular weight excluding hydrogens is 378 g/mol. The summed E-state index contributed by atoms with van der Waals surface area (Å²) in [7, 11) is 0. The molecule has 2 aromatic heterocycles. The zero-order valence-electron chi connectivity index (χ0n) is 15.0. The second kappa shape index (κ2) is 9.10. The molecule has 0 spiro atoms. The number of hydrogen-bond donors (Lipinski definition) is 3. The number of aromatic hydroxyl groups is 1. The molecule has 0 aliphatic heterocycles. The highest BCUT2D eigenvalue weighted by Crippen LogP contribution is 2.23. The summed E-state index contributed by atoms with van der Waals surface area (Å²) in [5.41, 5.74) is 0.917. The fourth-order valence-corrected chi connectivity index (χ4v) is 3.59. The Morgan fingerprint density at radius 3 is 2.86 bits per heavy atom. The summed E-state index contributed by atoms with van der Waals surface area (Å²) in [5.74, 6) is 0.617. The van der Waals surface area contributed by atoms with Gasteiger partial charge in [0.1, 0.15) is 11.4 Å². The van der Waals surface area contributed by atoms with Gasteiger partial charge in [0.25, 0.3) is 5.56 Å². The number of carbonyl (C=O) groups excluding carboxylic acids is 1. The summed E-state index contributed by atoms with van der Waals surface area (Å²) in [6, 6.07) is 10.0. The van der Waals surface area contributed by atoms with Gasteiger partial charge >= 0.3 is 0 Å². The number of benzene rings is 1. The van der Waals surface area contributed by atoms with E-state index in [4.69, 9.17) is 5.26 Å². The van der Waals surface area contributed by atoms with E-state index in [0.717, 1.165) is 0 Å². The van der Waals surface area contributed by atoms with Crippen LogP contribution >= 0.6 is 11.8 Å². The second-order valence-electron chi connectivity index (χ2n) is 6.00. The van der Waals surface area contributed by atoms with E-state index >= 15 is 0 Å². The number of rotatable bonds is 8. The zero-order chi connectivity index (χ0) is 19.9. The Hall–Kier alpha value is -3.25. The number of nitrogens with one attached hydrogen (secondary N) is 2. The van der Waals surface area contributed by atoms with Crippen molar-refractivity contribution in [2.45, 2.75) is 24.4 Å². The summed E-state index contributed by atoms with van der Waals surface area (Å²) in [6.45, 7) is 0.355. The maximum Gasteiger partial charge on any atom is 0.268 e. The van der Waals surface area contributed by atoms with E-state index in [2.05, 4.69) is 15.3 Å². The number of phenols is 1. The Morgan fingerprint density at radius 2 is 2.11 bits per heavy atom. The molecule has 2 heterocycles. The van der Waals surface area contributed by atoms with Gasteiger partial charge in [0.15, 0.2) is 5.16 Å². The number of amides is 1. The standard InChI is InChI=1S/C19H19N5O3S/c20-9-2-10-21-16(26)3-1-12-28-19-23-17-15(8-11-22-17)18(27)24(19)13-4-6-14(25)7-5-13/h4-8,11,22,25H,1-3,10,12H2,(H,21,26). The van der Waals surface area contributed by atoms with Crippen LogP contribution in [0.25, 0.3) is 16.7 Å². The minimum atomic E-state index is -0.200. The van der Waals surface area contributed by atoms with Crippen LogP contribution in [0.1, 0.15) is 19.3 Å². The van der Waals surface area contributed by atoms with Crippen LogP contribution in [0.15, 0.2) is 46.5 Å². The molecule has 3 aromatic rings. The zero-order valence-corrected chi connectivity index (χ0v) is 15.8. The first-order valence-electron chi connectivity index (χ1n) is 8.76. The molecule has 3 rings (SSSR count). The van der Waals surface area contributed by atoms with Gasteiger partial charge in [-0.05, 0) is 36.8 Å². The lowest BCUT2D eigenvalue weighted by molar-refractivity contribution is -0.121. The molecule has 0 unspecified atom stereocenters. The summed E-state index contributed by atoms with van der Waals surface area (Å²) < 4.78 is 1.51. The Labute approximate surface area is 165 Å². The molecule has 0 fully saturated rings. The Balaban J connectivity index is 1.76. The largest absolute Gasteiger partial charge is 0.508 e. The van der Waals surface area contributed by atoms with Gasteiger partial charge in [0.05, 0.1) is 23.6 Å². The number of nitriles is 1. The van der Waals surface area contributed by atoms with Gasteiger partial charge in [0.2, 0.25) is 5.91 Å². The summed E-state index contributed by atoms with van der Waals surface area (Å²) in [4.78, 5) is 32.1. The van der Waals surface area contributed by atoms with Crippen LogP contribution in [-0.2, 0) is 4.79 Å². The van der Waals surface area contributed by atoms with Crippen molar-refractivity contribution in [3.63, 3.8) is 0 Å². The molecule has 144 valence electrons. The molecule has 0 radical (unpaired) electrons. The van der Waals surface area contributed by atoms with Crippen molar-refractivity contribution in [1.29, 1.82) is 5.26 Å². The number of aromatic nitrogens is 3. The smallest absolute Gasteiger partial charge is 0.268 e. The van der Waals surface area contributed by atoms with Crippen LogP contribution < -0.4 is 10.9 Å². The predicted octanol–water partition coefficient (Wildman–Crippen LogP) is 2.32. The SMILES string of the molecule is N#CCCNC(=O)CCCSc1nc2[nH]ccc2c(=O)n1-c1ccc(O)cc1. The van der Waals surface area contributed by atoms with E-state index in [0.29, 0.717) is 53.4 Å². The molecule has 1 aromatic carbocycles. The molecule has 3 N–H and O–H groups in total. The number of hydrogen-bond acceptors (Lipinski definition) is 6. The number of nitrogens with zero attached hydrogens (tertiary/aromatic N) is 3. The molecule has 28 heavy (non-hydrogen) atoms. The topological polar surface area (TPSA) is 124 Å². The van der Waals surface area contributed by atoms with Crippen LogP contribution in [0.4, 0.5) is 0 Å². The van der Waals surface area contributed by atoms with Crippen LogP contribution in [0.5, 0.6) is 5.75 Å². The summed E-state index contributed by atoms with van der Waals surface area (Å²) in [6.07, 6.45) is 2.91. The van der Waals surface area contributed by atoms with Gasteiger partial charge in [-0.2, -0.15) is 5.26 Å². The van der Waals surface area contributed by atoms with Gasteiger partial charge in [-0.1, -0.05) is 11.8 Å². The van der Waals surface area contributed by atoms with Gasteiger partial charge in [-0.15, -0.1) is 0 Å². The van der Waals surface area contributed by atoms with Crippen molar-refractivity contribution in [1.82, 2.24) is 19.9 Å². The average Bonchev–Trinajstić information content (AvgIpc) is 3.16. The lowest BCUT2D eigenvalue weighted by Gasteiger charge is -2.12. The molecule has 8 nitrogen and oxygen atoms in total. The van der Waals surface area contributed by atoms with Crippen LogP contribution in [0.2, 0.25) is 0 Å². The van der Waals surface area contributed by atoms with E-state index < -0.39 is 0 Å². The van der Waals surface area contributed by atoms with E-state index in [-0.39, 0.29) is 17.2 Å². The molecule has 1 amide bonds. The van der Waals surface area contributed by atoms with Gasteiger partial charge < -0.3 is 15.4 Å². The monoisotopic (exact) mass is 397 g/mol. The fraction of sp³-hybridized carbons (Fsp3) is 0.263. The Bertz CT molecular complexity index is 1070. The number of carbonyl (C=O) groups is 1. The minimum Gasteiger partial charge on any atom is -0.508 e. The highest BCUT2D eigenvalue weighted by molar-refractivity contribution is 7.99. The lowest BCUT2D eigenvalue weighted by Crippen LogP contribution is -2.24. The van der Waals surface area contributed by atoms with Crippen molar-refractivity contribution in [3.8, 4) is 17.5 Å². The molecule has 0 atom stereocenters. The third-order valence-electron chi connectivity index (χ3n) is 4.00. The third-order valence-corrected chi connectivity index (χ3v) is 5.03. The Morgan fingerprint density at radius 1 is 1.32 bits per heavy atom. The number of fused-ring (bicyclic) bond motifs is 1. The van der Waals surface area contributed by atoms with E-state index in [9.17, 15) is 14.7 Å². The van der Waals surface area contributed by atoms with Gasteiger partial charge in [-0.3, -0.25) is 14.2 Å². The quantitative estimate of drug-likeness (QED) is 0.304. The first-order chi connectivity index (χ1) is 13.6. The highest BCUT2D eigenvalue weighted by atomic mass is 32.2.